The van der Waals surface area contributed by atoms with Crippen LogP contribution in [0.15, 0.2) is 23.0 Å². The maximum Gasteiger partial charge on any atom is 0.326 e. The Morgan fingerprint density at radius 1 is 1.41 bits per heavy atom. The lowest BCUT2D eigenvalue weighted by Gasteiger charge is -2.12. The van der Waals surface area contributed by atoms with Crippen molar-refractivity contribution in [1.29, 1.82) is 0 Å². The van der Waals surface area contributed by atoms with E-state index in [1.54, 1.807) is 25.2 Å². The van der Waals surface area contributed by atoms with E-state index in [2.05, 4.69) is 10.3 Å². The molecule has 1 aromatic heterocycles. The highest BCUT2D eigenvalue weighted by molar-refractivity contribution is 5.97. The van der Waals surface area contributed by atoms with Crippen LogP contribution < -0.4 is 11.0 Å². The van der Waals surface area contributed by atoms with Crippen molar-refractivity contribution in [3.05, 3.63) is 34.2 Å². The number of benzene rings is 1. The van der Waals surface area contributed by atoms with E-state index in [1.165, 1.54) is 4.57 Å². The fraction of sp³-hybridized carbons (Fsp3) is 0.400. The Morgan fingerprint density at radius 3 is 2.77 bits per heavy atom. The maximum absolute atomic E-state index is 12.1. The van der Waals surface area contributed by atoms with Crippen molar-refractivity contribution in [2.24, 2.45) is 13.0 Å². The summed E-state index contributed by atoms with van der Waals surface area (Å²) in [5, 5.41) is 11.7. The average Bonchev–Trinajstić information content (AvgIpc) is 2.77. The van der Waals surface area contributed by atoms with Gasteiger partial charge in [0.2, 0.25) is 0 Å². The number of hydrogen-bond donors (Lipinski definition) is 3. The van der Waals surface area contributed by atoms with E-state index in [9.17, 15) is 14.4 Å². The summed E-state index contributed by atoms with van der Waals surface area (Å²) >= 11 is 0. The van der Waals surface area contributed by atoms with Crippen molar-refractivity contribution in [2.45, 2.75) is 19.8 Å². The molecule has 0 saturated carbocycles. The molecule has 3 N–H and O–H groups in total. The van der Waals surface area contributed by atoms with Gasteiger partial charge in [-0.25, -0.2) is 4.79 Å². The number of carbonyl (C=O) groups excluding carboxylic acids is 1. The molecule has 0 spiro atoms. The van der Waals surface area contributed by atoms with Crippen LogP contribution in [0, 0.1) is 5.92 Å². The van der Waals surface area contributed by atoms with Gasteiger partial charge in [0, 0.05) is 19.2 Å². The summed E-state index contributed by atoms with van der Waals surface area (Å²) in [7, 11) is 1.62. The fourth-order valence-corrected chi connectivity index (χ4v) is 2.34. The van der Waals surface area contributed by atoms with Crippen molar-refractivity contribution in [3.63, 3.8) is 0 Å². The Hall–Kier alpha value is -2.57. The zero-order chi connectivity index (χ0) is 16.3. The van der Waals surface area contributed by atoms with Gasteiger partial charge < -0.3 is 15.4 Å². The number of aromatic amines is 1. The summed E-state index contributed by atoms with van der Waals surface area (Å²) in [6.07, 6.45) is 1.26. The number of hydrogen-bond acceptors (Lipinski definition) is 3. The molecule has 7 nitrogen and oxygen atoms in total. The van der Waals surface area contributed by atoms with Gasteiger partial charge in [-0.1, -0.05) is 13.3 Å². The van der Waals surface area contributed by atoms with E-state index in [-0.39, 0.29) is 18.1 Å². The summed E-state index contributed by atoms with van der Waals surface area (Å²) in [5.74, 6) is -1.85. The predicted molar refractivity (Wildman–Crippen MR) is 81.9 cm³/mol. The first-order valence-electron chi connectivity index (χ1n) is 7.13. The Kier molecular flexibility index (Phi) is 4.65. The number of aryl methyl sites for hydroxylation is 1. The van der Waals surface area contributed by atoms with Gasteiger partial charge in [-0.2, -0.15) is 0 Å². The van der Waals surface area contributed by atoms with E-state index in [0.717, 1.165) is 6.42 Å². The molecule has 0 aliphatic heterocycles. The Balaban J connectivity index is 2.14. The van der Waals surface area contributed by atoms with Gasteiger partial charge >= 0.3 is 11.7 Å². The van der Waals surface area contributed by atoms with E-state index in [0.29, 0.717) is 23.0 Å². The number of carboxylic acid groups (broad SMARTS) is 1. The number of imidazole rings is 1. The maximum atomic E-state index is 12.1. The molecule has 2 aromatic rings. The molecule has 1 heterocycles. The molecule has 1 unspecified atom stereocenters. The minimum atomic E-state index is -0.911. The summed E-state index contributed by atoms with van der Waals surface area (Å²) in [6, 6.07) is 4.87. The molecule has 1 aromatic carbocycles. The minimum Gasteiger partial charge on any atom is -0.481 e. The predicted octanol–water partition coefficient (Wildman–Crippen LogP) is 1.10. The number of carbonyl (C=O) groups is 2. The van der Waals surface area contributed by atoms with E-state index >= 15 is 0 Å². The van der Waals surface area contributed by atoms with Gasteiger partial charge in [0.1, 0.15) is 0 Å². The lowest BCUT2D eigenvalue weighted by Crippen LogP contribution is -2.32. The molecule has 0 aliphatic carbocycles. The number of amides is 1. The molecular weight excluding hydrogens is 286 g/mol. The van der Waals surface area contributed by atoms with Crippen LogP contribution in [0.4, 0.5) is 0 Å². The molecule has 22 heavy (non-hydrogen) atoms. The highest BCUT2D eigenvalue weighted by atomic mass is 16.4. The van der Waals surface area contributed by atoms with Crippen LogP contribution in [-0.2, 0) is 11.8 Å². The lowest BCUT2D eigenvalue weighted by atomic mass is 10.0. The van der Waals surface area contributed by atoms with Crippen molar-refractivity contribution in [3.8, 4) is 0 Å². The molecule has 118 valence electrons. The summed E-state index contributed by atoms with van der Waals surface area (Å²) < 4.78 is 1.42. The number of aliphatic carboxylic acids is 1. The van der Waals surface area contributed by atoms with Crippen molar-refractivity contribution < 1.29 is 14.7 Å². The molecule has 0 saturated heterocycles. The largest absolute Gasteiger partial charge is 0.481 e. The number of carboxylic acids is 1. The molecule has 0 fully saturated rings. The van der Waals surface area contributed by atoms with Gasteiger partial charge in [-0.3, -0.25) is 14.2 Å². The van der Waals surface area contributed by atoms with Crippen LogP contribution in [0.1, 0.15) is 30.1 Å². The number of nitrogens with one attached hydrogen (secondary N) is 2. The molecule has 0 aliphatic rings. The van der Waals surface area contributed by atoms with Crippen molar-refractivity contribution >= 4 is 22.9 Å². The molecular formula is C15H19N3O4. The molecule has 1 amide bonds. The number of nitrogens with zero attached hydrogens (tertiary/aromatic N) is 1. The number of fused-ring (bicyclic) bond motifs is 1. The monoisotopic (exact) mass is 305 g/mol. The third-order valence-electron chi connectivity index (χ3n) is 3.66. The third-order valence-corrected chi connectivity index (χ3v) is 3.66. The second-order valence-electron chi connectivity index (χ2n) is 5.25. The topological polar surface area (TPSA) is 104 Å². The van der Waals surface area contributed by atoms with Crippen LogP contribution in [-0.4, -0.2) is 33.1 Å². The molecule has 1 atom stereocenters. The summed E-state index contributed by atoms with van der Waals surface area (Å²) in [4.78, 5) is 37.4. The number of H-pyrrole nitrogens is 1. The van der Waals surface area contributed by atoms with Gasteiger partial charge in [0.15, 0.2) is 0 Å². The van der Waals surface area contributed by atoms with Gasteiger partial charge in [0.05, 0.1) is 17.0 Å². The lowest BCUT2D eigenvalue weighted by molar-refractivity contribution is -0.141. The summed E-state index contributed by atoms with van der Waals surface area (Å²) in [5.41, 5.74) is 1.42. The van der Waals surface area contributed by atoms with Crippen LogP contribution in [0.2, 0.25) is 0 Å². The SMILES string of the molecule is CCCC(CNC(=O)c1ccc2[nH]c(=O)n(C)c2c1)C(=O)O. The fourth-order valence-electron chi connectivity index (χ4n) is 2.34. The van der Waals surface area contributed by atoms with Crippen LogP contribution in [0.25, 0.3) is 11.0 Å². The zero-order valence-corrected chi connectivity index (χ0v) is 12.5. The highest BCUT2D eigenvalue weighted by Crippen LogP contribution is 2.12. The third kappa shape index (κ3) is 3.19. The average molecular weight is 305 g/mol. The van der Waals surface area contributed by atoms with Gasteiger partial charge in [0.25, 0.3) is 5.91 Å². The molecule has 2 rings (SSSR count). The van der Waals surface area contributed by atoms with E-state index < -0.39 is 11.9 Å². The van der Waals surface area contributed by atoms with E-state index in [1.807, 2.05) is 6.92 Å². The smallest absolute Gasteiger partial charge is 0.326 e. The van der Waals surface area contributed by atoms with Crippen LogP contribution in [0.3, 0.4) is 0 Å². The zero-order valence-electron chi connectivity index (χ0n) is 12.5. The Labute approximate surface area is 127 Å². The Bertz CT molecular complexity index is 760. The van der Waals surface area contributed by atoms with Crippen molar-refractivity contribution in [1.82, 2.24) is 14.9 Å². The van der Waals surface area contributed by atoms with Gasteiger partial charge in [-0.05, 0) is 24.6 Å². The normalized spacial score (nSPS) is 12.3. The number of rotatable bonds is 6. The van der Waals surface area contributed by atoms with E-state index in [4.69, 9.17) is 5.11 Å². The minimum absolute atomic E-state index is 0.0894. The molecule has 0 radical (unpaired) electrons. The van der Waals surface area contributed by atoms with Crippen LogP contribution in [0.5, 0.6) is 0 Å². The second kappa shape index (κ2) is 6.46. The highest BCUT2D eigenvalue weighted by Gasteiger charge is 2.18. The first-order chi connectivity index (χ1) is 10.4. The van der Waals surface area contributed by atoms with Crippen LogP contribution >= 0.6 is 0 Å². The second-order valence-corrected chi connectivity index (χ2v) is 5.25. The number of aromatic nitrogens is 2. The summed E-state index contributed by atoms with van der Waals surface area (Å²) in [6.45, 7) is 1.99. The van der Waals surface area contributed by atoms with Crippen molar-refractivity contribution in [2.75, 3.05) is 6.54 Å². The molecule has 7 heteroatoms. The first-order valence-corrected chi connectivity index (χ1v) is 7.13. The standard InChI is InChI=1S/C15H19N3O4/c1-3-4-10(14(20)21)8-16-13(19)9-5-6-11-12(7-9)18(2)15(22)17-11/h5-7,10H,3-4,8H2,1-2H3,(H,16,19)(H,17,22)(H,20,21). The first kappa shape index (κ1) is 15.8. The molecule has 0 bridgehead atoms. The van der Waals surface area contributed by atoms with Gasteiger partial charge in [-0.15, -0.1) is 0 Å². The Morgan fingerprint density at radius 2 is 2.14 bits per heavy atom. The quantitative estimate of drug-likeness (QED) is 0.743.